The zero-order valence-corrected chi connectivity index (χ0v) is 30.6. The Bertz CT molecular complexity index is 1550. The SMILES string of the molecule is O=C(O)C1(NS(=O)(=O)c2cnc(N3CCC(CCCC4CCN(S(=O)(=O)c5cc(Br)c(Cl)s5)CC4)CC3)c(Br)c2)CCCC1. The Morgan fingerprint density at radius 2 is 1.59 bits per heavy atom. The summed E-state index contributed by atoms with van der Waals surface area (Å²) < 4.78 is 58.0. The number of hydrogen-bond donors (Lipinski definition) is 2. The van der Waals surface area contributed by atoms with Crippen LogP contribution in [0.3, 0.4) is 0 Å². The van der Waals surface area contributed by atoms with Crippen molar-refractivity contribution in [3.63, 3.8) is 0 Å². The number of aromatic nitrogens is 1. The number of halogens is 3. The number of sulfonamides is 2. The number of carboxylic acids is 1. The molecule has 16 heteroatoms. The lowest BCUT2D eigenvalue weighted by Gasteiger charge is -2.34. The lowest BCUT2D eigenvalue weighted by atomic mass is 9.87. The molecule has 0 atom stereocenters. The van der Waals surface area contributed by atoms with E-state index in [9.17, 15) is 26.7 Å². The van der Waals surface area contributed by atoms with Gasteiger partial charge >= 0.3 is 5.97 Å². The van der Waals surface area contributed by atoms with E-state index in [-0.39, 0.29) is 21.9 Å². The van der Waals surface area contributed by atoms with Crippen molar-refractivity contribution >= 4 is 86.6 Å². The van der Waals surface area contributed by atoms with Gasteiger partial charge in [-0.2, -0.15) is 9.03 Å². The number of pyridine rings is 1. The smallest absolute Gasteiger partial charge is 0.324 e. The third-order valence-corrected chi connectivity index (χ3v) is 16.1. The maximum atomic E-state index is 13.0. The first-order chi connectivity index (χ1) is 20.8. The van der Waals surface area contributed by atoms with Gasteiger partial charge in [0.25, 0.3) is 10.0 Å². The molecule has 0 unspecified atom stereocenters. The van der Waals surface area contributed by atoms with E-state index in [1.54, 1.807) is 10.4 Å². The molecule has 0 spiro atoms. The molecule has 0 bridgehead atoms. The van der Waals surface area contributed by atoms with E-state index in [0.29, 0.717) is 56.9 Å². The highest BCUT2D eigenvalue weighted by Gasteiger charge is 2.45. The zero-order valence-electron chi connectivity index (χ0n) is 24.2. The fourth-order valence-corrected chi connectivity index (χ4v) is 12.7. The van der Waals surface area contributed by atoms with E-state index < -0.39 is 31.6 Å². The van der Waals surface area contributed by atoms with Crippen LogP contribution in [-0.4, -0.2) is 68.9 Å². The summed E-state index contributed by atoms with van der Waals surface area (Å²) >= 11 is 14.0. The van der Waals surface area contributed by atoms with Crippen LogP contribution in [0.1, 0.15) is 70.6 Å². The van der Waals surface area contributed by atoms with Gasteiger partial charge in [-0.15, -0.1) is 11.3 Å². The van der Waals surface area contributed by atoms with Crippen molar-refractivity contribution in [3.8, 4) is 0 Å². The van der Waals surface area contributed by atoms with Gasteiger partial charge in [-0.1, -0.05) is 43.7 Å². The highest BCUT2D eigenvalue weighted by molar-refractivity contribution is 9.11. The largest absolute Gasteiger partial charge is 0.480 e. The summed E-state index contributed by atoms with van der Waals surface area (Å²) in [7, 11) is -7.56. The fourth-order valence-electron chi connectivity index (χ4n) is 6.60. The summed E-state index contributed by atoms with van der Waals surface area (Å²) in [6.07, 6.45) is 10.3. The molecule has 3 aliphatic rings. The van der Waals surface area contributed by atoms with Crippen LogP contribution < -0.4 is 9.62 Å². The van der Waals surface area contributed by atoms with Crippen molar-refractivity contribution in [1.29, 1.82) is 0 Å². The third-order valence-electron chi connectivity index (χ3n) is 9.23. The second-order valence-corrected chi connectivity index (χ2v) is 19.3. The molecule has 244 valence electrons. The Hall–Kier alpha value is -0.810. The number of carboxylic acid groups (broad SMARTS) is 1. The van der Waals surface area contributed by atoms with Crippen molar-refractivity contribution < 1.29 is 26.7 Å². The molecule has 2 saturated heterocycles. The quantitative estimate of drug-likeness (QED) is 0.263. The zero-order chi connectivity index (χ0) is 31.7. The molecule has 2 aromatic heterocycles. The van der Waals surface area contributed by atoms with Gasteiger partial charge in [0.2, 0.25) is 10.0 Å². The summed E-state index contributed by atoms with van der Waals surface area (Å²) in [6, 6.07) is 3.09. The summed E-state index contributed by atoms with van der Waals surface area (Å²) in [6.45, 7) is 2.72. The van der Waals surface area contributed by atoms with Gasteiger partial charge in [-0.05, 0) is 94.4 Å². The number of nitrogens with zero attached hydrogens (tertiary/aromatic N) is 3. The van der Waals surface area contributed by atoms with Crippen molar-refractivity contribution in [2.75, 3.05) is 31.1 Å². The normalized spacial score (nSPS) is 20.8. The highest BCUT2D eigenvalue weighted by Crippen LogP contribution is 2.38. The first kappa shape index (κ1) is 34.5. The third kappa shape index (κ3) is 7.66. The van der Waals surface area contributed by atoms with E-state index >= 15 is 0 Å². The maximum Gasteiger partial charge on any atom is 0.324 e. The number of thiophene rings is 1. The lowest BCUT2D eigenvalue weighted by Crippen LogP contribution is -2.52. The molecule has 0 radical (unpaired) electrons. The van der Waals surface area contributed by atoms with Gasteiger partial charge in [0.1, 0.15) is 24.8 Å². The topological polar surface area (TPSA) is 137 Å². The van der Waals surface area contributed by atoms with E-state index in [2.05, 4.69) is 46.5 Å². The highest BCUT2D eigenvalue weighted by atomic mass is 79.9. The number of piperidine rings is 2. The van der Waals surface area contributed by atoms with Crippen LogP contribution in [0.2, 0.25) is 4.34 Å². The lowest BCUT2D eigenvalue weighted by molar-refractivity contribution is -0.143. The molecule has 2 aromatic rings. The standard InChI is InChI=1S/C28H37Br2ClN4O6S3/c29-22-17-24(42-25(22)31)44(40,41)35-14-8-20(9-15-35)5-3-4-19-6-12-34(13-7-19)26-23(30)16-21(18-32-26)43(38,39)33-28(27(36)37)10-1-2-11-28/h16-20,33H,1-15H2,(H,36,37). The summed E-state index contributed by atoms with van der Waals surface area (Å²) in [4.78, 5) is 18.4. The van der Waals surface area contributed by atoms with Gasteiger partial charge in [0.15, 0.2) is 0 Å². The second kappa shape index (κ2) is 14.1. The van der Waals surface area contributed by atoms with Crippen molar-refractivity contribution in [2.45, 2.75) is 85.3 Å². The average Bonchev–Trinajstić information content (AvgIpc) is 3.60. The van der Waals surface area contributed by atoms with E-state index in [4.69, 9.17) is 11.6 Å². The monoisotopic (exact) mass is 814 g/mol. The molecular formula is C28H37Br2ClN4O6S3. The molecule has 5 rings (SSSR count). The number of anilines is 1. The van der Waals surface area contributed by atoms with Gasteiger partial charge < -0.3 is 10.0 Å². The number of aliphatic carboxylic acids is 1. The fraction of sp³-hybridized carbons (Fsp3) is 0.643. The molecule has 44 heavy (non-hydrogen) atoms. The Morgan fingerprint density at radius 1 is 1.00 bits per heavy atom. The minimum atomic E-state index is -4.05. The van der Waals surface area contributed by atoms with E-state index in [1.165, 1.54) is 12.3 Å². The van der Waals surface area contributed by atoms with Crippen LogP contribution >= 0.6 is 54.8 Å². The van der Waals surface area contributed by atoms with Gasteiger partial charge in [0.05, 0.1) is 4.47 Å². The maximum absolute atomic E-state index is 13.0. The molecule has 2 N–H and O–H groups in total. The molecular weight excluding hydrogens is 780 g/mol. The average molecular weight is 817 g/mol. The molecule has 10 nitrogen and oxygen atoms in total. The Balaban J connectivity index is 1.06. The number of nitrogens with one attached hydrogen (secondary N) is 1. The van der Waals surface area contributed by atoms with Gasteiger partial charge in [-0.25, -0.2) is 21.8 Å². The van der Waals surface area contributed by atoms with Crippen molar-refractivity contribution in [3.05, 3.63) is 31.6 Å². The van der Waals surface area contributed by atoms with Crippen LogP contribution in [0.4, 0.5) is 5.82 Å². The molecule has 0 amide bonds. The number of hydrogen-bond acceptors (Lipinski definition) is 8. The van der Waals surface area contributed by atoms with Crippen LogP contribution in [0.25, 0.3) is 0 Å². The van der Waals surface area contributed by atoms with Crippen molar-refractivity contribution in [2.24, 2.45) is 11.8 Å². The first-order valence-electron chi connectivity index (χ1n) is 14.9. The molecule has 1 aliphatic carbocycles. The van der Waals surface area contributed by atoms with Gasteiger partial charge in [0, 0.05) is 36.8 Å². The minimum Gasteiger partial charge on any atom is -0.480 e. The van der Waals surface area contributed by atoms with Gasteiger partial charge in [-0.3, -0.25) is 4.79 Å². The number of rotatable bonds is 11. The predicted molar refractivity (Wildman–Crippen MR) is 178 cm³/mol. The molecule has 4 heterocycles. The van der Waals surface area contributed by atoms with E-state index in [0.717, 1.165) is 69.4 Å². The molecule has 3 fully saturated rings. The molecule has 1 saturated carbocycles. The molecule has 0 aromatic carbocycles. The summed E-state index contributed by atoms with van der Waals surface area (Å²) in [5.41, 5.74) is -1.46. The molecule has 2 aliphatic heterocycles. The van der Waals surface area contributed by atoms with Crippen LogP contribution in [0, 0.1) is 11.8 Å². The minimum absolute atomic E-state index is 0.0528. The van der Waals surface area contributed by atoms with E-state index in [1.807, 2.05) is 0 Å². The summed E-state index contributed by atoms with van der Waals surface area (Å²) in [5.74, 6) is 0.685. The van der Waals surface area contributed by atoms with Crippen LogP contribution in [-0.2, 0) is 24.8 Å². The van der Waals surface area contributed by atoms with Crippen molar-refractivity contribution in [1.82, 2.24) is 14.0 Å². The van der Waals surface area contributed by atoms with Crippen LogP contribution in [0.15, 0.2) is 36.4 Å². The Kier molecular flexibility index (Phi) is 11.1. The first-order valence-corrected chi connectivity index (χ1v) is 20.6. The predicted octanol–water partition coefficient (Wildman–Crippen LogP) is 6.48. The van der Waals surface area contributed by atoms with Crippen LogP contribution in [0.5, 0.6) is 0 Å². The summed E-state index contributed by atoms with van der Waals surface area (Å²) in [5, 5.41) is 9.68. The second-order valence-electron chi connectivity index (χ2n) is 12.1. The Labute approximate surface area is 285 Å². The Morgan fingerprint density at radius 3 is 2.11 bits per heavy atom. The number of carbonyl (C=O) groups is 1.